The average Bonchev–Trinajstić information content (AvgIpc) is 2.48. The molecule has 1 aromatic carbocycles. The number of hydrogen-bond donors (Lipinski definition) is 1. The van der Waals surface area contributed by atoms with Crippen LogP contribution in [-0.4, -0.2) is 52.6 Å². The van der Waals surface area contributed by atoms with E-state index in [0.29, 0.717) is 18.0 Å². The number of aliphatic carboxylic acids is 1. The molecular formula is C15H19NO4S. The molecule has 1 unspecified atom stereocenters. The molecule has 1 aliphatic rings. The molecule has 6 heteroatoms. The predicted molar refractivity (Wildman–Crippen MR) is 81.9 cm³/mol. The van der Waals surface area contributed by atoms with E-state index in [0.717, 1.165) is 16.9 Å². The largest absolute Gasteiger partial charge is 0.483 e. The highest BCUT2D eigenvalue weighted by Gasteiger charge is 2.32. The van der Waals surface area contributed by atoms with Crippen LogP contribution >= 0.6 is 11.8 Å². The van der Waals surface area contributed by atoms with E-state index in [1.54, 1.807) is 11.8 Å². The van der Waals surface area contributed by atoms with Crippen LogP contribution in [0.4, 0.5) is 0 Å². The molecule has 1 N–H and O–H groups in total. The van der Waals surface area contributed by atoms with Crippen molar-refractivity contribution in [3.05, 3.63) is 29.3 Å². The second-order valence-electron chi connectivity index (χ2n) is 5.00. The summed E-state index contributed by atoms with van der Waals surface area (Å²) in [5.41, 5.74) is 2.09. The SMILES string of the molecule is Cc1cccc(OCC(=O)N2CCSCC2C(=O)O)c1C. The van der Waals surface area contributed by atoms with E-state index in [2.05, 4.69) is 0 Å². The van der Waals surface area contributed by atoms with E-state index >= 15 is 0 Å². The number of ether oxygens (including phenoxy) is 1. The van der Waals surface area contributed by atoms with Gasteiger partial charge >= 0.3 is 5.97 Å². The van der Waals surface area contributed by atoms with Gasteiger partial charge in [0.05, 0.1) is 0 Å². The van der Waals surface area contributed by atoms with Gasteiger partial charge in [0.2, 0.25) is 0 Å². The van der Waals surface area contributed by atoms with Crippen LogP contribution in [0, 0.1) is 13.8 Å². The number of thioether (sulfide) groups is 1. The van der Waals surface area contributed by atoms with E-state index in [9.17, 15) is 14.7 Å². The third-order valence-corrected chi connectivity index (χ3v) is 4.66. The van der Waals surface area contributed by atoms with Crippen LogP contribution in [0.25, 0.3) is 0 Å². The number of nitrogens with zero attached hydrogens (tertiary/aromatic N) is 1. The van der Waals surface area contributed by atoms with Gasteiger partial charge in [0, 0.05) is 18.1 Å². The Labute approximate surface area is 128 Å². The molecule has 0 bridgehead atoms. The van der Waals surface area contributed by atoms with Gasteiger partial charge in [-0.25, -0.2) is 4.79 Å². The van der Waals surface area contributed by atoms with Crippen molar-refractivity contribution in [2.75, 3.05) is 24.7 Å². The maximum atomic E-state index is 12.2. The first-order valence-corrected chi connectivity index (χ1v) is 7.95. The van der Waals surface area contributed by atoms with Gasteiger partial charge in [-0.2, -0.15) is 11.8 Å². The van der Waals surface area contributed by atoms with E-state index in [1.807, 2.05) is 32.0 Å². The number of carboxylic acid groups (broad SMARTS) is 1. The summed E-state index contributed by atoms with van der Waals surface area (Å²) in [5, 5.41) is 9.18. The number of rotatable bonds is 4. The molecule has 1 aromatic rings. The summed E-state index contributed by atoms with van der Waals surface area (Å²) in [6, 6.07) is 4.92. The summed E-state index contributed by atoms with van der Waals surface area (Å²) in [4.78, 5) is 24.8. The van der Waals surface area contributed by atoms with Crippen molar-refractivity contribution in [2.24, 2.45) is 0 Å². The number of aryl methyl sites for hydroxylation is 1. The molecule has 1 heterocycles. The highest BCUT2D eigenvalue weighted by atomic mass is 32.2. The molecule has 0 aliphatic carbocycles. The van der Waals surface area contributed by atoms with Crippen LogP contribution in [0.1, 0.15) is 11.1 Å². The molecule has 0 saturated carbocycles. The summed E-state index contributed by atoms with van der Waals surface area (Å²) >= 11 is 1.56. The molecule has 0 radical (unpaired) electrons. The summed E-state index contributed by atoms with van der Waals surface area (Å²) in [6.07, 6.45) is 0. The molecule has 1 atom stereocenters. The second-order valence-corrected chi connectivity index (χ2v) is 6.15. The van der Waals surface area contributed by atoms with Crippen molar-refractivity contribution in [1.82, 2.24) is 4.90 Å². The van der Waals surface area contributed by atoms with Crippen molar-refractivity contribution in [1.29, 1.82) is 0 Å². The van der Waals surface area contributed by atoms with Crippen molar-refractivity contribution in [3.8, 4) is 5.75 Å². The lowest BCUT2D eigenvalue weighted by Gasteiger charge is -2.32. The van der Waals surface area contributed by atoms with Crippen LogP contribution in [-0.2, 0) is 9.59 Å². The Hall–Kier alpha value is -1.69. The quantitative estimate of drug-likeness (QED) is 0.917. The second kappa shape index (κ2) is 6.85. The third-order valence-electron chi connectivity index (χ3n) is 3.64. The Morgan fingerprint density at radius 1 is 1.43 bits per heavy atom. The van der Waals surface area contributed by atoms with E-state index in [1.165, 1.54) is 4.90 Å². The number of benzene rings is 1. The molecule has 1 amide bonds. The predicted octanol–water partition coefficient (Wildman–Crippen LogP) is 1.71. The fourth-order valence-corrected chi connectivity index (χ4v) is 3.25. The van der Waals surface area contributed by atoms with Gasteiger partial charge in [0.15, 0.2) is 6.61 Å². The normalized spacial score (nSPS) is 18.4. The van der Waals surface area contributed by atoms with E-state index in [4.69, 9.17) is 4.74 Å². The lowest BCUT2D eigenvalue weighted by atomic mass is 10.1. The number of hydrogen-bond acceptors (Lipinski definition) is 4. The first-order valence-electron chi connectivity index (χ1n) is 6.79. The van der Waals surface area contributed by atoms with Gasteiger partial charge in [-0.1, -0.05) is 12.1 Å². The lowest BCUT2D eigenvalue weighted by Crippen LogP contribution is -2.51. The molecule has 2 rings (SSSR count). The van der Waals surface area contributed by atoms with Gasteiger partial charge in [0.1, 0.15) is 11.8 Å². The Morgan fingerprint density at radius 2 is 2.19 bits per heavy atom. The number of amides is 1. The average molecular weight is 309 g/mol. The van der Waals surface area contributed by atoms with Gasteiger partial charge in [-0.15, -0.1) is 0 Å². The molecule has 0 spiro atoms. The van der Waals surface area contributed by atoms with Gasteiger partial charge in [-0.3, -0.25) is 4.79 Å². The Bertz CT molecular complexity index is 546. The molecule has 114 valence electrons. The third kappa shape index (κ3) is 3.69. The number of carboxylic acids is 1. The monoisotopic (exact) mass is 309 g/mol. The topological polar surface area (TPSA) is 66.8 Å². The van der Waals surface area contributed by atoms with Crippen molar-refractivity contribution in [3.63, 3.8) is 0 Å². The zero-order valence-electron chi connectivity index (χ0n) is 12.2. The molecule has 0 aromatic heterocycles. The standard InChI is InChI=1S/C15H19NO4S/c1-10-4-3-5-13(11(10)2)20-8-14(17)16-6-7-21-9-12(16)15(18)19/h3-5,12H,6-9H2,1-2H3,(H,18,19). The fraction of sp³-hybridized carbons (Fsp3) is 0.467. The molecule has 5 nitrogen and oxygen atoms in total. The minimum Gasteiger partial charge on any atom is -0.483 e. The highest BCUT2D eigenvalue weighted by Crippen LogP contribution is 2.21. The van der Waals surface area contributed by atoms with Crippen LogP contribution in [0.15, 0.2) is 18.2 Å². The number of carbonyl (C=O) groups excluding carboxylic acids is 1. The van der Waals surface area contributed by atoms with Gasteiger partial charge < -0.3 is 14.7 Å². The smallest absolute Gasteiger partial charge is 0.327 e. The molecule has 1 fully saturated rings. The Kier molecular flexibility index (Phi) is 5.12. The minimum absolute atomic E-state index is 0.126. The molecule has 1 saturated heterocycles. The van der Waals surface area contributed by atoms with Crippen molar-refractivity contribution in [2.45, 2.75) is 19.9 Å². The van der Waals surface area contributed by atoms with Crippen LogP contribution < -0.4 is 4.74 Å². The molecule has 1 aliphatic heterocycles. The maximum Gasteiger partial charge on any atom is 0.327 e. The summed E-state index contributed by atoms with van der Waals surface area (Å²) in [5.74, 6) is 0.635. The van der Waals surface area contributed by atoms with Crippen molar-refractivity contribution < 1.29 is 19.4 Å². The lowest BCUT2D eigenvalue weighted by molar-refractivity contribution is -0.150. The highest BCUT2D eigenvalue weighted by molar-refractivity contribution is 7.99. The van der Waals surface area contributed by atoms with Gasteiger partial charge in [0.25, 0.3) is 5.91 Å². The Balaban J connectivity index is 2.00. The zero-order valence-corrected chi connectivity index (χ0v) is 13.0. The van der Waals surface area contributed by atoms with Gasteiger partial charge in [-0.05, 0) is 31.0 Å². The molecule has 21 heavy (non-hydrogen) atoms. The number of carbonyl (C=O) groups is 2. The summed E-state index contributed by atoms with van der Waals surface area (Å²) in [6.45, 7) is 4.24. The molecular weight excluding hydrogens is 290 g/mol. The zero-order chi connectivity index (χ0) is 15.4. The minimum atomic E-state index is -0.956. The van der Waals surface area contributed by atoms with Crippen molar-refractivity contribution >= 4 is 23.6 Å². The Morgan fingerprint density at radius 3 is 2.90 bits per heavy atom. The van der Waals surface area contributed by atoms with E-state index < -0.39 is 12.0 Å². The summed E-state index contributed by atoms with van der Waals surface area (Å²) < 4.78 is 5.57. The maximum absolute atomic E-state index is 12.2. The fourth-order valence-electron chi connectivity index (χ4n) is 2.21. The van der Waals surface area contributed by atoms with Crippen LogP contribution in [0.2, 0.25) is 0 Å². The first kappa shape index (κ1) is 15.7. The van der Waals surface area contributed by atoms with Crippen LogP contribution in [0.3, 0.4) is 0 Å². The first-order chi connectivity index (χ1) is 10.0. The van der Waals surface area contributed by atoms with Crippen LogP contribution in [0.5, 0.6) is 5.75 Å². The summed E-state index contributed by atoms with van der Waals surface area (Å²) in [7, 11) is 0. The van der Waals surface area contributed by atoms with E-state index in [-0.39, 0.29) is 12.5 Å².